The van der Waals surface area contributed by atoms with E-state index < -0.39 is 36.3 Å². The fraction of sp³-hybridized carbons (Fsp3) is 0.294. The third kappa shape index (κ3) is 5.10. The minimum Gasteiger partial charge on any atom is -0.387 e. The van der Waals surface area contributed by atoms with Crippen LogP contribution in [0.4, 0.5) is 0 Å². The van der Waals surface area contributed by atoms with Gasteiger partial charge in [-0.3, -0.25) is 0 Å². The average Bonchev–Trinajstić information content (AvgIpc) is 3.01. The van der Waals surface area contributed by atoms with Gasteiger partial charge >= 0.3 is 0 Å². The molecule has 206 valence electrons. The number of fused-ring (bicyclic) bond motifs is 2. The highest BCUT2D eigenvalue weighted by atomic mass is 16.7. The summed E-state index contributed by atoms with van der Waals surface area (Å²) in [7, 11) is 1.58. The first-order valence-electron chi connectivity index (χ1n) is 13.7. The number of hydrogen-bond donors (Lipinski definition) is 1. The van der Waals surface area contributed by atoms with Crippen LogP contribution >= 0.6 is 0 Å². The molecule has 0 amide bonds. The summed E-state index contributed by atoms with van der Waals surface area (Å²) in [5, 5.41) is 11.6. The van der Waals surface area contributed by atoms with Crippen LogP contribution in [0.5, 0.6) is 0 Å². The van der Waals surface area contributed by atoms with Crippen LogP contribution in [0.15, 0.2) is 115 Å². The Kier molecular flexibility index (Phi) is 8.07. The molecule has 0 saturated carbocycles. The lowest BCUT2D eigenvalue weighted by atomic mass is 9.80. The molecular formula is C34H34O6. The van der Waals surface area contributed by atoms with E-state index in [2.05, 4.69) is 36.4 Å². The van der Waals surface area contributed by atoms with Crippen molar-refractivity contribution in [2.24, 2.45) is 0 Å². The van der Waals surface area contributed by atoms with Crippen LogP contribution in [0.2, 0.25) is 0 Å². The summed E-state index contributed by atoms with van der Waals surface area (Å²) in [6, 6.07) is 38.4. The van der Waals surface area contributed by atoms with Crippen LogP contribution in [-0.2, 0) is 42.5 Å². The standard InChI is InChI=1S/C34H34O6/c1-36-33-32-31(37-21-24-13-11-12-14-25(24)22-38-32)30(35)29(40-33)23-39-34(26-15-5-2-6-16-26,27-17-7-3-8-18-27)28-19-9-4-10-20-28/h2-20,29-33,35H,21-23H2,1H3/t29-,30-,31+,32-,33+/m1/s1. The van der Waals surface area contributed by atoms with Crippen molar-refractivity contribution in [1.82, 2.24) is 0 Å². The molecule has 4 aromatic rings. The Labute approximate surface area is 235 Å². The van der Waals surface area contributed by atoms with Crippen LogP contribution < -0.4 is 0 Å². The molecule has 6 rings (SSSR count). The molecule has 0 bridgehead atoms. The number of aliphatic hydroxyl groups is 1. The lowest BCUT2D eigenvalue weighted by Gasteiger charge is -2.45. The number of benzene rings is 4. The zero-order valence-corrected chi connectivity index (χ0v) is 22.5. The fourth-order valence-electron chi connectivity index (χ4n) is 5.77. The molecular weight excluding hydrogens is 504 g/mol. The molecule has 2 heterocycles. The highest BCUT2D eigenvalue weighted by Gasteiger charge is 2.49. The zero-order valence-electron chi connectivity index (χ0n) is 22.5. The summed E-state index contributed by atoms with van der Waals surface area (Å²) in [6.07, 6.45) is -3.69. The lowest BCUT2D eigenvalue weighted by Crippen LogP contribution is -2.61. The van der Waals surface area contributed by atoms with E-state index in [1.54, 1.807) is 7.11 Å². The predicted octanol–water partition coefficient (Wildman–Crippen LogP) is 5.21. The predicted molar refractivity (Wildman–Crippen MR) is 150 cm³/mol. The maximum absolute atomic E-state index is 11.6. The van der Waals surface area contributed by atoms with Crippen molar-refractivity contribution in [2.75, 3.05) is 13.7 Å². The molecule has 0 radical (unpaired) electrons. The van der Waals surface area contributed by atoms with Gasteiger partial charge in [-0.05, 0) is 27.8 Å². The van der Waals surface area contributed by atoms with Gasteiger partial charge in [-0.15, -0.1) is 0 Å². The topological polar surface area (TPSA) is 66.4 Å². The van der Waals surface area contributed by atoms with Crippen molar-refractivity contribution in [1.29, 1.82) is 0 Å². The molecule has 0 aliphatic carbocycles. The summed E-state index contributed by atoms with van der Waals surface area (Å²) in [5.41, 5.74) is 4.07. The van der Waals surface area contributed by atoms with E-state index in [0.717, 1.165) is 27.8 Å². The largest absolute Gasteiger partial charge is 0.387 e. The molecule has 2 aliphatic heterocycles. The van der Waals surface area contributed by atoms with Crippen LogP contribution in [0.1, 0.15) is 27.8 Å². The van der Waals surface area contributed by atoms with E-state index in [1.807, 2.05) is 78.9 Å². The van der Waals surface area contributed by atoms with E-state index >= 15 is 0 Å². The molecule has 6 heteroatoms. The van der Waals surface area contributed by atoms with Gasteiger partial charge in [-0.25, -0.2) is 0 Å². The summed E-state index contributed by atoms with van der Waals surface area (Å²) in [4.78, 5) is 0. The van der Waals surface area contributed by atoms with E-state index in [-0.39, 0.29) is 6.61 Å². The first-order chi connectivity index (χ1) is 19.7. The molecule has 1 N–H and O–H groups in total. The Hall–Kier alpha value is -3.36. The Morgan fingerprint density at radius 2 is 1.12 bits per heavy atom. The monoisotopic (exact) mass is 538 g/mol. The zero-order chi connectivity index (χ0) is 27.4. The van der Waals surface area contributed by atoms with Gasteiger partial charge in [0.1, 0.15) is 30.0 Å². The second-order valence-corrected chi connectivity index (χ2v) is 10.2. The Balaban J connectivity index is 1.33. The van der Waals surface area contributed by atoms with Crippen LogP contribution in [0, 0.1) is 0 Å². The molecule has 2 aliphatic rings. The van der Waals surface area contributed by atoms with Crippen molar-refractivity contribution in [3.8, 4) is 0 Å². The third-order valence-electron chi connectivity index (χ3n) is 7.84. The van der Waals surface area contributed by atoms with Gasteiger partial charge in [0.15, 0.2) is 6.29 Å². The smallest absolute Gasteiger partial charge is 0.186 e. The van der Waals surface area contributed by atoms with Gasteiger partial charge in [0.25, 0.3) is 0 Å². The van der Waals surface area contributed by atoms with Crippen molar-refractivity contribution < 1.29 is 28.8 Å². The highest BCUT2D eigenvalue weighted by molar-refractivity contribution is 5.47. The van der Waals surface area contributed by atoms with Crippen molar-refractivity contribution in [3.63, 3.8) is 0 Å². The maximum atomic E-state index is 11.6. The minimum atomic E-state index is -0.998. The first-order valence-corrected chi connectivity index (χ1v) is 13.7. The fourth-order valence-corrected chi connectivity index (χ4v) is 5.77. The number of methoxy groups -OCH3 is 1. The van der Waals surface area contributed by atoms with Crippen molar-refractivity contribution in [3.05, 3.63) is 143 Å². The first kappa shape index (κ1) is 26.8. The summed E-state index contributed by atoms with van der Waals surface area (Å²) >= 11 is 0. The number of ether oxygens (including phenoxy) is 5. The SMILES string of the molecule is CO[C@H]1O[C@H](COC(c2ccccc2)(c2ccccc2)c2ccccc2)[C@@H](O)[C@@H]2OCc3ccccc3CO[C@@H]12. The van der Waals surface area contributed by atoms with E-state index in [0.29, 0.717) is 13.2 Å². The molecule has 0 aromatic heterocycles. The van der Waals surface area contributed by atoms with Crippen LogP contribution in [0.3, 0.4) is 0 Å². The Morgan fingerprint density at radius 1 is 0.675 bits per heavy atom. The number of aliphatic hydroxyl groups excluding tert-OH is 1. The van der Waals surface area contributed by atoms with E-state index in [9.17, 15) is 5.11 Å². The summed E-state index contributed by atoms with van der Waals surface area (Å²) in [5.74, 6) is 0. The molecule has 0 spiro atoms. The van der Waals surface area contributed by atoms with E-state index in [1.165, 1.54) is 0 Å². The highest BCUT2D eigenvalue weighted by Crippen LogP contribution is 2.41. The van der Waals surface area contributed by atoms with Crippen molar-refractivity contribution >= 4 is 0 Å². The molecule has 4 aromatic carbocycles. The van der Waals surface area contributed by atoms with E-state index in [4.69, 9.17) is 23.7 Å². The third-order valence-corrected chi connectivity index (χ3v) is 7.84. The number of rotatable bonds is 7. The lowest BCUT2D eigenvalue weighted by molar-refractivity contribution is -0.319. The quantitative estimate of drug-likeness (QED) is 0.326. The second kappa shape index (κ2) is 12.0. The Morgan fingerprint density at radius 3 is 1.60 bits per heavy atom. The molecule has 40 heavy (non-hydrogen) atoms. The van der Waals surface area contributed by atoms with Crippen molar-refractivity contribution in [2.45, 2.75) is 49.5 Å². The number of hydrogen-bond acceptors (Lipinski definition) is 6. The molecule has 0 unspecified atom stereocenters. The van der Waals surface area contributed by atoms with Crippen LogP contribution in [0.25, 0.3) is 0 Å². The normalized spacial score (nSPS) is 24.8. The molecule has 1 fully saturated rings. The average molecular weight is 539 g/mol. The molecule has 1 saturated heterocycles. The van der Waals surface area contributed by atoms with Gasteiger partial charge < -0.3 is 28.8 Å². The second-order valence-electron chi connectivity index (χ2n) is 10.2. The maximum Gasteiger partial charge on any atom is 0.186 e. The van der Waals surface area contributed by atoms with Gasteiger partial charge in [0.05, 0.1) is 19.8 Å². The Bertz CT molecular complexity index is 1270. The minimum absolute atomic E-state index is 0.0862. The van der Waals surface area contributed by atoms with Gasteiger partial charge in [0, 0.05) is 7.11 Å². The van der Waals surface area contributed by atoms with Gasteiger partial charge in [-0.1, -0.05) is 115 Å². The summed E-state index contributed by atoms with van der Waals surface area (Å²) < 4.78 is 31.5. The van der Waals surface area contributed by atoms with Gasteiger partial charge in [0.2, 0.25) is 0 Å². The van der Waals surface area contributed by atoms with Gasteiger partial charge in [-0.2, -0.15) is 0 Å². The molecule has 5 atom stereocenters. The molecule has 6 nitrogen and oxygen atoms in total. The summed E-state index contributed by atoms with van der Waals surface area (Å²) in [6.45, 7) is 0.837. The van der Waals surface area contributed by atoms with Crippen LogP contribution in [-0.4, -0.2) is 49.5 Å².